The smallest absolute Gasteiger partial charge is 0.248 e. The molecular formula is C25H26FN3O3. The monoisotopic (exact) mass is 435 g/mol. The van der Waals surface area contributed by atoms with Crippen LogP contribution in [0.15, 0.2) is 59.0 Å². The van der Waals surface area contributed by atoms with Crippen LogP contribution in [0, 0.1) is 5.82 Å². The maximum atomic E-state index is 14.0. The number of nitrogens with zero attached hydrogens (tertiary/aromatic N) is 1. The summed E-state index contributed by atoms with van der Waals surface area (Å²) in [5.74, 6) is -0.0676. The molecule has 1 fully saturated rings. The van der Waals surface area contributed by atoms with Gasteiger partial charge in [-0.1, -0.05) is 12.1 Å². The SMILES string of the molecule is NC(=O)c1ccc(N2CCCCC2)c(NC(=O)CCc2ccc(-c3ccccc3F)o2)c1. The number of halogens is 1. The lowest BCUT2D eigenvalue weighted by Crippen LogP contribution is -2.30. The van der Waals surface area contributed by atoms with E-state index in [9.17, 15) is 14.0 Å². The Kier molecular flexibility index (Phi) is 6.54. The minimum atomic E-state index is -0.540. The molecule has 1 saturated heterocycles. The quantitative estimate of drug-likeness (QED) is 0.561. The molecule has 0 unspecified atom stereocenters. The summed E-state index contributed by atoms with van der Waals surface area (Å²) in [5.41, 5.74) is 7.64. The molecule has 0 spiro atoms. The number of hydrogen-bond donors (Lipinski definition) is 2. The van der Waals surface area contributed by atoms with E-state index in [0.29, 0.717) is 34.8 Å². The molecule has 3 aromatic rings. The summed E-state index contributed by atoms with van der Waals surface area (Å²) in [7, 11) is 0. The van der Waals surface area contributed by atoms with Crippen LogP contribution in [0.3, 0.4) is 0 Å². The first-order valence-corrected chi connectivity index (χ1v) is 10.8. The fourth-order valence-electron chi connectivity index (χ4n) is 3.97. The highest BCUT2D eigenvalue weighted by atomic mass is 19.1. The molecule has 0 bridgehead atoms. The topological polar surface area (TPSA) is 88.6 Å². The Hall–Kier alpha value is -3.61. The second-order valence-electron chi connectivity index (χ2n) is 7.94. The largest absolute Gasteiger partial charge is 0.461 e. The summed E-state index contributed by atoms with van der Waals surface area (Å²) in [6, 6.07) is 15.0. The van der Waals surface area contributed by atoms with Gasteiger partial charge in [-0.05, 0) is 61.7 Å². The standard InChI is InChI=1S/C25H26FN3O3/c26-20-7-3-2-6-19(20)23-12-9-18(32-23)10-13-24(30)28-21-16-17(25(27)31)8-11-22(21)29-14-4-1-5-15-29/h2-3,6-9,11-12,16H,1,4-5,10,13-15H2,(H2,27,31)(H,28,30). The normalized spacial score (nSPS) is 13.7. The summed E-state index contributed by atoms with van der Waals surface area (Å²) < 4.78 is 19.7. The van der Waals surface area contributed by atoms with Crippen molar-refractivity contribution in [3.63, 3.8) is 0 Å². The molecule has 1 aliphatic heterocycles. The van der Waals surface area contributed by atoms with E-state index >= 15 is 0 Å². The van der Waals surface area contributed by atoms with Gasteiger partial charge in [0.2, 0.25) is 11.8 Å². The molecule has 32 heavy (non-hydrogen) atoms. The van der Waals surface area contributed by atoms with E-state index in [1.54, 1.807) is 42.5 Å². The molecule has 2 amide bonds. The third-order valence-electron chi connectivity index (χ3n) is 5.65. The fraction of sp³-hybridized carbons (Fsp3) is 0.280. The lowest BCUT2D eigenvalue weighted by atomic mass is 10.1. The van der Waals surface area contributed by atoms with E-state index in [1.165, 1.54) is 12.5 Å². The van der Waals surface area contributed by atoms with Crippen molar-refractivity contribution >= 4 is 23.2 Å². The highest BCUT2D eigenvalue weighted by Crippen LogP contribution is 2.30. The second-order valence-corrected chi connectivity index (χ2v) is 7.94. The first-order chi connectivity index (χ1) is 15.5. The van der Waals surface area contributed by atoms with Crippen molar-refractivity contribution in [3.8, 4) is 11.3 Å². The number of carbonyl (C=O) groups excluding carboxylic acids is 2. The van der Waals surface area contributed by atoms with Crippen molar-refractivity contribution in [2.45, 2.75) is 32.1 Å². The minimum Gasteiger partial charge on any atom is -0.461 e. The molecular weight excluding hydrogens is 409 g/mol. The number of primary amides is 1. The van der Waals surface area contributed by atoms with E-state index < -0.39 is 5.91 Å². The predicted molar refractivity (Wildman–Crippen MR) is 122 cm³/mol. The molecule has 7 heteroatoms. The van der Waals surface area contributed by atoms with Crippen LogP contribution >= 0.6 is 0 Å². The summed E-state index contributed by atoms with van der Waals surface area (Å²) in [6.45, 7) is 1.81. The van der Waals surface area contributed by atoms with Gasteiger partial charge in [0.15, 0.2) is 0 Å². The molecule has 1 aromatic heterocycles. The number of carbonyl (C=O) groups is 2. The number of aryl methyl sites for hydroxylation is 1. The Balaban J connectivity index is 1.44. The zero-order valence-electron chi connectivity index (χ0n) is 17.8. The predicted octanol–water partition coefficient (Wildman–Crippen LogP) is 4.75. The Morgan fingerprint density at radius 3 is 2.56 bits per heavy atom. The van der Waals surface area contributed by atoms with Gasteiger partial charge in [-0.3, -0.25) is 9.59 Å². The average molecular weight is 435 g/mol. The van der Waals surface area contributed by atoms with Gasteiger partial charge in [-0.15, -0.1) is 0 Å². The van der Waals surface area contributed by atoms with E-state index in [-0.39, 0.29) is 18.1 Å². The van der Waals surface area contributed by atoms with Crippen molar-refractivity contribution in [1.29, 1.82) is 0 Å². The molecule has 2 aromatic carbocycles. The zero-order valence-corrected chi connectivity index (χ0v) is 17.8. The van der Waals surface area contributed by atoms with Gasteiger partial charge in [0.1, 0.15) is 17.3 Å². The van der Waals surface area contributed by atoms with Gasteiger partial charge in [0.25, 0.3) is 0 Å². The van der Waals surface area contributed by atoms with Crippen LogP contribution < -0.4 is 16.0 Å². The first kappa shape index (κ1) is 21.6. The second kappa shape index (κ2) is 9.68. The van der Waals surface area contributed by atoms with E-state index in [2.05, 4.69) is 10.2 Å². The number of nitrogens with two attached hydrogens (primary N) is 1. The fourth-order valence-corrected chi connectivity index (χ4v) is 3.97. The number of benzene rings is 2. The molecule has 2 heterocycles. The minimum absolute atomic E-state index is 0.185. The molecule has 1 aliphatic rings. The third-order valence-corrected chi connectivity index (χ3v) is 5.65. The zero-order chi connectivity index (χ0) is 22.5. The van der Waals surface area contributed by atoms with Crippen LogP contribution in [0.1, 0.15) is 41.8 Å². The molecule has 0 saturated carbocycles. The van der Waals surface area contributed by atoms with E-state index in [0.717, 1.165) is 31.6 Å². The molecule has 3 N–H and O–H groups in total. The number of amides is 2. The van der Waals surface area contributed by atoms with Gasteiger partial charge in [-0.2, -0.15) is 0 Å². The Morgan fingerprint density at radius 1 is 1.03 bits per heavy atom. The van der Waals surface area contributed by atoms with Gasteiger partial charge < -0.3 is 20.4 Å². The number of anilines is 2. The highest BCUT2D eigenvalue weighted by molar-refractivity contribution is 5.99. The van der Waals surface area contributed by atoms with Crippen molar-refractivity contribution in [1.82, 2.24) is 0 Å². The Bertz CT molecular complexity index is 1120. The summed E-state index contributed by atoms with van der Waals surface area (Å²) >= 11 is 0. The lowest BCUT2D eigenvalue weighted by molar-refractivity contribution is -0.116. The van der Waals surface area contributed by atoms with E-state index in [4.69, 9.17) is 10.2 Å². The number of rotatable bonds is 7. The number of hydrogen-bond acceptors (Lipinski definition) is 4. The highest BCUT2D eigenvalue weighted by Gasteiger charge is 2.18. The Labute approximate surface area is 186 Å². The average Bonchev–Trinajstić information content (AvgIpc) is 3.27. The molecule has 0 aliphatic carbocycles. The van der Waals surface area contributed by atoms with Crippen molar-refractivity contribution in [2.75, 3.05) is 23.3 Å². The van der Waals surface area contributed by atoms with Crippen molar-refractivity contribution < 1.29 is 18.4 Å². The van der Waals surface area contributed by atoms with Crippen LogP contribution in [0.2, 0.25) is 0 Å². The first-order valence-electron chi connectivity index (χ1n) is 10.8. The van der Waals surface area contributed by atoms with Crippen LogP contribution in [-0.2, 0) is 11.2 Å². The third kappa shape index (κ3) is 4.99. The summed E-state index contributed by atoms with van der Waals surface area (Å²) in [6.07, 6.45) is 3.93. The van der Waals surface area contributed by atoms with Gasteiger partial charge in [-0.25, -0.2) is 4.39 Å². The van der Waals surface area contributed by atoms with Gasteiger partial charge in [0.05, 0.1) is 16.9 Å². The van der Waals surface area contributed by atoms with Crippen LogP contribution in [-0.4, -0.2) is 24.9 Å². The van der Waals surface area contributed by atoms with E-state index in [1.807, 2.05) is 6.07 Å². The maximum Gasteiger partial charge on any atom is 0.248 e. The van der Waals surface area contributed by atoms with Crippen LogP contribution in [0.5, 0.6) is 0 Å². The molecule has 4 rings (SSSR count). The number of nitrogens with one attached hydrogen (secondary N) is 1. The van der Waals surface area contributed by atoms with Crippen LogP contribution in [0.4, 0.5) is 15.8 Å². The molecule has 0 atom stereocenters. The summed E-state index contributed by atoms with van der Waals surface area (Å²) in [5, 5.41) is 2.93. The number of furan rings is 1. The molecule has 166 valence electrons. The molecule has 0 radical (unpaired) electrons. The van der Waals surface area contributed by atoms with Crippen molar-refractivity contribution in [2.24, 2.45) is 5.73 Å². The van der Waals surface area contributed by atoms with Gasteiger partial charge >= 0.3 is 0 Å². The Morgan fingerprint density at radius 2 is 1.81 bits per heavy atom. The maximum absolute atomic E-state index is 14.0. The van der Waals surface area contributed by atoms with Crippen LogP contribution in [0.25, 0.3) is 11.3 Å². The van der Waals surface area contributed by atoms with Crippen molar-refractivity contribution in [3.05, 3.63) is 71.7 Å². The van der Waals surface area contributed by atoms with Gasteiger partial charge in [0, 0.05) is 31.5 Å². The lowest BCUT2D eigenvalue weighted by Gasteiger charge is -2.30. The molecule has 6 nitrogen and oxygen atoms in total. The summed E-state index contributed by atoms with van der Waals surface area (Å²) in [4.78, 5) is 26.5. The number of piperidine rings is 1.